The van der Waals surface area contributed by atoms with Gasteiger partial charge in [0.25, 0.3) is 0 Å². The van der Waals surface area contributed by atoms with E-state index in [4.69, 9.17) is 0 Å². The van der Waals surface area contributed by atoms with Crippen LogP contribution in [-0.4, -0.2) is 0 Å². The van der Waals surface area contributed by atoms with Crippen LogP contribution in [0.5, 0.6) is 0 Å². The molecule has 484 valence electrons. The highest BCUT2D eigenvalue weighted by atomic mass is 19.2. The Morgan fingerprint density at radius 1 is 0.163 bits per heavy atom. The predicted molar refractivity (Wildman–Crippen MR) is 350 cm³/mol. The molecule has 0 amide bonds. The lowest BCUT2D eigenvalue weighted by Gasteiger charge is -2.04. The first-order chi connectivity index (χ1) is 36.1. The molecule has 0 saturated heterocycles. The number of halogens is 12. The lowest BCUT2D eigenvalue weighted by molar-refractivity contribution is 0.497. The van der Waals surface area contributed by atoms with Gasteiger partial charge in [-0.25, -0.2) is 52.7 Å². The summed E-state index contributed by atoms with van der Waals surface area (Å²) >= 11 is 0. The standard InChI is InChI=1S/2C9H10F2.3C8H8F2.2C8H9F.C8H10.8CH4/c2*1-5-4-8(10)7(3)9(11)6(5)2;2*1-5-3-7(9)6(2)8(10)4-5;1-5-3-4-6(2)8(10)7(5)9;2*1-6-3-4-7(2)8(9)5-6;1-7-3-5-8(2)6-4-7;;;;;;;;/h2*4H,1-3H3;3*3-4H,1-2H3;2*3-5H,1-2H3;3-6H,1-2H3;8*1H4. The van der Waals surface area contributed by atoms with Crippen molar-refractivity contribution in [3.63, 3.8) is 0 Å². The van der Waals surface area contributed by atoms with E-state index in [-0.39, 0.29) is 93.3 Å². The second-order valence-corrected chi connectivity index (χ2v) is 19.2. The highest BCUT2D eigenvalue weighted by Gasteiger charge is 2.11. The van der Waals surface area contributed by atoms with Crippen molar-refractivity contribution in [2.24, 2.45) is 0 Å². The average Bonchev–Trinajstić information content (AvgIpc) is 3.37. The number of rotatable bonds is 0. The normalized spacial score (nSPS) is 9.00. The smallest absolute Gasteiger partial charge is 0.161 e. The largest absolute Gasteiger partial charge is 0.207 e. The van der Waals surface area contributed by atoms with E-state index < -0.39 is 58.2 Å². The molecule has 0 aliphatic rings. The summed E-state index contributed by atoms with van der Waals surface area (Å²) in [5.74, 6) is -5.39. The number of hydrogen-bond donors (Lipinski definition) is 0. The first-order valence-electron chi connectivity index (χ1n) is 24.7. The second kappa shape index (κ2) is 45.3. The van der Waals surface area contributed by atoms with Crippen molar-refractivity contribution in [1.29, 1.82) is 0 Å². The maximum Gasteiger partial charge on any atom is 0.161 e. The monoisotopic (exact) mass is 1220 g/mol. The maximum absolute atomic E-state index is 13.0. The minimum absolute atomic E-state index is 0. The first kappa shape index (κ1) is 95.3. The summed E-state index contributed by atoms with van der Waals surface area (Å²) in [5, 5.41) is 0. The fourth-order valence-electron chi connectivity index (χ4n) is 6.25. The summed E-state index contributed by atoms with van der Waals surface area (Å²) in [6.07, 6.45) is 0. The van der Waals surface area contributed by atoms with Crippen LogP contribution >= 0.6 is 0 Å². The molecule has 0 aliphatic heterocycles. The highest BCUT2D eigenvalue weighted by molar-refractivity contribution is 5.34. The van der Waals surface area contributed by atoms with Gasteiger partial charge in [0.05, 0.1) is 0 Å². The van der Waals surface area contributed by atoms with Gasteiger partial charge in [-0.1, -0.05) is 131 Å². The van der Waals surface area contributed by atoms with Crippen molar-refractivity contribution < 1.29 is 52.7 Å². The zero-order chi connectivity index (χ0) is 60.0. The Balaban J connectivity index is -0.000000133. The van der Waals surface area contributed by atoms with Crippen LogP contribution in [0.4, 0.5) is 52.7 Å². The first-order valence-corrected chi connectivity index (χ1v) is 24.7. The van der Waals surface area contributed by atoms with E-state index in [1.165, 1.54) is 101 Å². The molecule has 8 aromatic rings. The zero-order valence-electron chi connectivity index (χ0n) is 47.9. The van der Waals surface area contributed by atoms with E-state index in [0.29, 0.717) is 55.6 Å². The lowest BCUT2D eigenvalue weighted by atomic mass is 10.1. The molecule has 0 heterocycles. The van der Waals surface area contributed by atoms with Gasteiger partial charge in [-0.15, -0.1) is 0 Å². The van der Waals surface area contributed by atoms with Crippen LogP contribution in [0, 0.1) is 194 Å². The Hall–Kier alpha value is -7.08. The van der Waals surface area contributed by atoms with Gasteiger partial charge in [-0.2, -0.15) is 0 Å². The molecule has 0 aliphatic carbocycles. The molecule has 0 atom stereocenters. The van der Waals surface area contributed by atoms with Crippen LogP contribution in [0.1, 0.15) is 160 Å². The minimum Gasteiger partial charge on any atom is -0.207 e. The quantitative estimate of drug-likeness (QED) is 0.133. The summed E-state index contributed by atoms with van der Waals surface area (Å²) in [6.45, 7) is 30.3. The molecule has 0 unspecified atom stereocenters. The molecule has 0 saturated carbocycles. The fourth-order valence-corrected chi connectivity index (χ4v) is 6.25. The molecule has 0 N–H and O–H groups in total. The minimum atomic E-state index is -0.736. The molecule has 0 radical (unpaired) electrons. The van der Waals surface area contributed by atoms with Crippen LogP contribution in [0.15, 0.2) is 109 Å². The van der Waals surface area contributed by atoms with Crippen molar-refractivity contribution in [3.05, 3.63) is 279 Å². The predicted octanol–water partition coefficient (Wildman–Crippen LogP) is 25.8. The molecule has 86 heavy (non-hydrogen) atoms. The van der Waals surface area contributed by atoms with E-state index in [1.807, 2.05) is 26.0 Å². The van der Waals surface area contributed by atoms with E-state index >= 15 is 0 Å². The number of hydrogen-bond acceptors (Lipinski definition) is 0. The van der Waals surface area contributed by atoms with Gasteiger partial charge in [0.1, 0.15) is 58.2 Å². The lowest BCUT2D eigenvalue weighted by Crippen LogP contribution is -1.95. The number of aryl methyl sites for hydroxylation is 12. The third kappa shape index (κ3) is 31.9. The maximum atomic E-state index is 13.0. The van der Waals surface area contributed by atoms with Gasteiger partial charge in [0.15, 0.2) is 11.6 Å². The second-order valence-electron chi connectivity index (χ2n) is 19.2. The fraction of sp³-hybridized carbons (Fsp3) is 0.351. The molecule has 0 fully saturated rings. The summed E-state index contributed by atoms with van der Waals surface area (Å²) in [5.41, 5.74) is 10.7. The van der Waals surface area contributed by atoms with E-state index in [0.717, 1.165) is 11.1 Å². The third-order valence-electron chi connectivity index (χ3n) is 12.1. The van der Waals surface area contributed by atoms with Crippen molar-refractivity contribution >= 4 is 0 Å². The van der Waals surface area contributed by atoms with Crippen LogP contribution in [0.2, 0.25) is 0 Å². The van der Waals surface area contributed by atoms with Crippen molar-refractivity contribution in [2.75, 3.05) is 0 Å². The summed E-state index contributed by atoms with van der Waals surface area (Å²) in [4.78, 5) is 0. The molecule has 0 aromatic heterocycles. The molecular formula is C74H104F12. The summed E-state index contributed by atoms with van der Waals surface area (Å²) in [6, 6.07) is 30.0. The van der Waals surface area contributed by atoms with Gasteiger partial charge in [0, 0.05) is 22.3 Å². The molecule has 8 rings (SSSR count). The van der Waals surface area contributed by atoms with E-state index in [9.17, 15) is 52.7 Å². The van der Waals surface area contributed by atoms with Gasteiger partial charge < -0.3 is 0 Å². The van der Waals surface area contributed by atoms with Crippen LogP contribution in [0.3, 0.4) is 0 Å². The highest BCUT2D eigenvalue weighted by Crippen LogP contribution is 2.21. The molecule has 0 bridgehead atoms. The Morgan fingerprint density at radius 3 is 0.581 bits per heavy atom. The topological polar surface area (TPSA) is 0 Å². The van der Waals surface area contributed by atoms with E-state index in [1.54, 1.807) is 79.7 Å². The Morgan fingerprint density at radius 2 is 0.360 bits per heavy atom. The molecular weight excluding hydrogens is 1120 g/mol. The van der Waals surface area contributed by atoms with Gasteiger partial charge >= 0.3 is 0 Å². The Bertz CT molecular complexity index is 2920. The third-order valence-corrected chi connectivity index (χ3v) is 12.1. The van der Waals surface area contributed by atoms with Gasteiger partial charge in [0.2, 0.25) is 0 Å². The van der Waals surface area contributed by atoms with Crippen LogP contribution in [0.25, 0.3) is 0 Å². The van der Waals surface area contributed by atoms with Crippen molar-refractivity contribution in [2.45, 2.75) is 184 Å². The Labute approximate surface area is 513 Å². The van der Waals surface area contributed by atoms with Gasteiger partial charge in [-0.05, 0) is 240 Å². The van der Waals surface area contributed by atoms with Crippen molar-refractivity contribution in [3.8, 4) is 0 Å². The summed E-state index contributed by atoms with van der Waals surface area (Å²) < 4.78 is 152. The van der Waals surface area contributed by atoms with Crippen LogP contribution < -0.4 is 0 Å². The van der Waals surface area contributed by atoms with Crippen LogP contribution in [-0.2, 0) is 0 Å². The SMILES string of the molecule is C.C.C.C.C.C.C.C.Cc1cc(F)c(C)c(F)c1.Cc1cc(F)c(C)c(F)c1.Cc1cc(F)c(C)c(F)c1C.Cc1cc(F)c(C)c(F)c1C.Cc1ccc(C)c(F)c1.Cc1ccc(C)c(F)c1.Cc1ccc(C)c(F)c1F.Cc1ccc(C)cc1. The summed E-state index contributed by atoms with van der Waals surface area (Å²) in [7, 11) is 0. The number of benzene rings is 8. The van der Waals surface area contributed by atoms with Crippen molar-refractivity contribution in [1.82, 2.24) is 0 Å². The van der Waals surface area contributed by atoms with E-state index in [2.05, 4.69) is 38.1 Å². The molecule has 0 spiro atoms. The Kier molecular flexibility index (Phi) is 50.1. The zero-order valence-corrected chi connectivity index (χ0v) is 47.9. The molecule has 8 aromatic carbocycles. The molecule has 0 nitrogen and oxygen atoms in total. The van der Waals surface area contributed by atoms with Gasteiger partial charge in [-0.3, -0.25) is 0 Å². The average molecular weight is 1220 g/mol. The molecule has 12 heteroatoms.